The molecule has 3 aromatic heterocycles. The third-order valence-corrected chi connectivity index (χ3v) is 2.69. The van der Waals surface area contributed by atoms with E-state index in [0.29, 0.717) is 5.15 Å². The van der Waals surface area contributed by atoms with Crippen molar-refractivity contribution in [3.63, 3.8) is 0 Å². The van der Waals surface area contributed by atoms with Crippen LogP contribution in [-0.2, 0) is 7.05 Å². The van der Waals surface area contributed by atoms with Crippen molar-refractivity contribution in [3.8, 4) is 11.1 Å². The van der Waals surface area contributed by atoms with Gasteiger partial charge in [0.2, 0.25) is 0 Å². The minimum atomic E-state index is 0.585. The molecule has 0 aliphatic heterocycles. The van der Waals surface area contributed by atoms with Crippen LogP contribution in [0.15, 0.2) is 30.9 Å². The summed E-state index contributed by atoms with van der Waals surface area (Å²) < 4.78 is 3.47. The van der Waals surface area contributed by atoms with Crippen LogP contribution in [0.5, 0.6) is 0 Å². The van der Waals surface area contributed by atoms with Crippen LogP contribution in [0.3, 0.4) is 0 Å². The monoisotopic (exact) mass is 233 g/mol. The van der Waals surface area contributed by atoms with Gasteiger partial charge in [-0.25, -0.2) is 0 Å². The minimum Gasteiger partial charge on any atom is -0.275 e. The molecule has 0 fully saturated rings. The molecule has 0 aliphatic carbocycles. The van der Waals surface area contributed by atoms with Gasteiger partial charge in [-0.05, 0) is 17.7 Å². The Kier molecular flexibility index (Phi) is 1.94. The fourth-order valence-electron chi connectivity index (χ4n) is 1.62. The van der Waals surface area contributed by atoms with E-state index in [0.717, 1.165) is 16.8 Å². The Morgan fingerprint density at radius 2 is 2.12 bits per heavy atom. The third-order valence-electron chi connectivity index (χ3n) is 2.40. The molecule has 0 N–H and O–H groups in total. The zero-order chi connectivity index (χ0) is 11.1. The molecule has 3 heterocycles. The Morgan fingerprint density at radius 1 is 1.25 bits per heavy atom. The molecule has 5 nitrogen and oxygen atoms in total. The van der Waals surface area contributed by atoms with Gasteiger partial charge in [-0.15, -0.1) is 10.2 Å². The predicted octanol–water partition coefficient (Wildman–Crippen LogP) is 1.78. The van der Waals surface area contributed by atoms with Gasteiger partial charge in [-0.2, -0.15) is 5.10 Å². The van der Waals surface area contributed by atoms with E-state index >= 15 is 0 Å². The summed E-state index contributed by atoms with van der Waals surface area (Å²) in [5, 5.41) is 12.5. The Balaban J connectivity index is 2.24. The lowest BCUT2D eigenvalue weighted by Gasteiger charge is -2.00. The van der Waals surface area contributed by atoms with Crippen molar-refractivity contribution < 1.29 is 0 Å². The lowest BCUT2D eigenvalue weighted by Crippen LogP contribution is -1.87. The predicted molar refractivity (Wildman–Crippen MR) is 60.2 cm³/mol. The van der Waals surface area contributed by atoms with Gasteiger partial charge >= 0.3 is 0 Å². The molecule has 0 aromatic carbocycles. The molecule has 3 rings (SSSR count). The van der Waals surface area contributed by atoms with E-state index in [9.17, 15) is 0 Å². The molecular formula is C10H8ClN5. The average molecular weight is 234 g/mol. The number of hydrogen-bond acceptors (Lipinski definition) is 3. The van der Waals surface area contributed by atoms with E-state index in [1.807, 2.05) is 25.4 Å². The molecule has 0 saturated heterocycles. The third kappa shape index (κ3) is 1.37. The second-order valence-corrected chi connectivity index (χ2v) is 3.92. The van der Waals surface area contributed by atoms with Gasteiger partial charge in [-0.1, -0.05) is 11.6 Å². The highest BCUT2D eigenvalue weighted by Gasteiger charge is 2.06. The number of rotatable bonds is 1. The number of aromatic nitrogens is 5. The first kappa shape index (κ1) is 9.35. The summed E-state index contributed by atoms with van der Waals surface area (Å²) in [5.74, 6) is 0. The van der Waals surface area contributed by atoms with Crippen LogP contribution in [0.4, 0.5) is 0 Å². The zero-order valence-electron chi connectivity index (χ0n) is 8.50. The summed E-state index contributed by atoms with van der Waals surface area (Å²) in [5.41, 5.74) is 2.72. The smallest absolute Gasteiger partial charge is 0.162 e. The topological polar surface area (TPSA) is 48.0 Å². The Labute approximate surface area is 96.3 Å². The molecule has 0 atom stereocenters. The van der Waals surface area contributed by atoms with E-state index in [1.165, 1.54) is 0 Å². The van der Waals surface area contributed by atoms with Crippen LogP contribution in [0, 0.1) is 0 Å². The van der Waals surface area contributed by atoms with Gasteiger partial charge in [0.15, 0.2) is 5.65 Å². The normalized spacial score (nSPS) is 11.1. The average Bonchev–Trinajstić information content (AvgIpc) is 2.85. The summed E-state index contributed by atoms with van der Waals surface area (Å²) in [6.45, 7) is 0. The van der Waals surface area contributed by atoms with Gasteiger partial charge in [0.05, 0.1) is 6.20 Å². The first-order valence-corrected chi connectivity index (χ1v) is 5.10. The molecule has 6 heteroatoms. The molecule has 0 amide bonds. The maximum atomic E-state index is 6.12. The molecule has 0 bridgehead atoms. The van der Waals surface area contributed by atoms with Crippen molar-refractivity contribution >= 4 is 17.2 Å². The highest BCUT2D eigenvalue weighted by molar-refractivity contribution is 6.30. The van der Waals surface area contributed by atoms with Crippen molar-refractivity contribution in [1.82, 2.24) is 24.4 Å². The van der Waals surface area contributed by atoms with Gasteiger partial charge in [0.25, 0.3) is 0 Å². The molecule has 0 radical (unpaired) electrons. The number of halogens is 1. The van der Waals surface area contributed by atoms with Crippen LogP contribution in [-0.4, -0.2) is 24.4 Å². The molecule has 0 spiro atoms. The first-order valence-electron chi connectivity index (χ1n) is 4.72. The van der Waals surface area contributed by atoms with E-state index in [-0.39, 0.29) is 0 Å². The summed E-state index contributed by atoms with van der Waals surface area (Å²) in [6.07, 6.45) is 5.31. The Morgan fingerprint density at radius 3 is 2.88 bits per heavy atom. The first-order chi connectivity index (χ1) is 7.74. The highest BCUT2D eigenvalue weighted by atomic mass is 35.5. The summed E-state index contributed by atoms with van der Waals surface area (Å²) >= 11 is 6.12. The maximum absolute atomic E-state index is 6.12. The van der Waals surface area contributed by atoms with Crippen LogP contribution in [0.2, 0.25) is 5.15 Å². The van der Waals surface area contributed by atoms with Gasteiger partial charge in [0.1, 0.15) is 11.5 Å². The molecule has 16 heavy (non-hydrogen) atoms. The lowest BCUT2D eigenvalue weighted by molar-refractivity contribution is 0.768. The fourth-order valence-corrected chi connectivity index (χ4v) is 1.87. The molecule has 0 unspecified atom stereocenters. The SMILES string of the molecule is Cn1cc(-c2cc(Cl)n3cnnc3c2)cn1. The van der Waals surface area contributed by atoms with Crippen LogP contribution in [0.1, 0.15) is 0 Å². The Hall–Kier alpha value is -1.88. The molecule has 0 saturated carbocycles. The van der Waals surface area contributed by atoms with Gasteiger partial charge < -0.3 is 0 Å². The highest BCUT2D eigenvalue weighted by Crippen LogP contribution is 2.23. The number of pyridine rings is 1. The molecular weight excluding hydrogens is 226 g/mol. The van der Waals surface area contributed by atoms with Crippen molar-refractivity contribution in [2.75, 3.05) is 0 Å². The number of aryl methyl sites for hydroxylation is 1. The van der Waals surface area contributed by atoms with Gasteiger partial charge in [0, 0.05) is 18.8 Å². The minimum absolute atomic E-state index is 0.585. The maximum Gasteiger partial charge on any atom is 0.162 e. The second-order valence-electron chi connectivity index (χ2n) is 3.53. The summed E-state index contributed by atoms with van der Waals surface area (Å²) in [4.78, 5) is 0. The van der Waals surface area contributed by atoms with E-state index < -0.39 is 0 Å². The fraction of sp³-hybridized carbons (Fsp3) is 0.100. The van der Waals surface area contributed by atoms with E-state index in [4.69, 9.17) is 11.6 Å². The molecule has 80 valence electrons. The van der Waals surface area contributed by atoms with Crippen molar-refractivity contribution in [3.05, 3.63) is 36.0 Å². The quantitative estimate of drug-likeness (QED) is 0.602. The second kappa shape index (κ2) is 3.31. The number of fused-ring (bicyclic) bond motifs is 1. The summed E-state index contributed by atoms with van der Waals surface area (Å²) in [6, 6.07) is 3.80. The summed E-state index contributed by atoms with van der Waals surface area (Å²) in [7, 11) is 1.88. The van der Waals surface area contributed by atoms with E-state index in [1.54, 1.807) is 21.6 Å². The largest absolute Gasteiger partial charge is 0.275 e. The Bertz CT molecular complexity index is 654. The number of hydrogen-bond donors (Lipinski definition) is 0. The van der Waals surface area contributed by atoms with E-state index in [2.05, 4.69) is 15.3 Å². The molecule has 3 aromatic rings. The number of nitrogens with zero attached hydrogens (tertiary/aromatic N) is 5. The standard InChI is InChI=1S/C10H8ClN5/c1-15-5-8(4-13-15)7-2-9(11)16-6-12-14-10(16)3-7/h2-6H,1H3. The van der Waals surface area contributed by atoms with Crippen molar-refractivity contribution in [2.24, 2.45) is 7.05 Å². The van der Waals surface area contributed by atoms with Crippen molar-refractivity contribution in [1.29, 1.82) is 0 Å². The van der Waals surface area contributed by atoms with Crippen molar-refractivity contribution in [2.45, 2.75) is 0 Å². The van der Waals surface area contributed by atoms with Crippen LogP contribution in [0.25, 0.3) is 16.8 Å². The van der Waals surface area contributed by atoms with Crippen LogP contribution >= 0.6 is 11.6 Å². The molecule has 0 aliphatic rings. The van der Waals surface area contributed by atoms with Crippen LogP contribution < -0.4 is 0 Å². The zero-order valence-corrected chi connectivity index (χ0v) is 9.26. The lowest BCUT2D eigenvalue weighted by atomic mass is 10.1. The van der Waals surface area contributed by atoms with Gasteiger partial charge in [-0.3, -0.25) is 9.08 Å².